The Labute approximate surface area is 134 Å². The zero-order chi connectivity index (χ0) is 16.2. The van der Waals surface area contributed by atoms with Crippen molar-refractivity contribution in [2.24, 2.45) is 0 Å². The molecular weight excluding hydrogens is 292 g/mol. The van der Waals surface area contributed by atoms with Crippen molar-refractivity contribution in [3.05, 3.63) is 65.7 Å². The number of cyclic esters (lactones) is 1. The Morgan fingerprint density at radius 2 is 1.83 bits per heavy atom. The highest BCUT2D eigenvalue weighted by molar-refractivity contribution is 5.95. The fraction of sp³-hybridized carbons (Fsp3) is 0.222. The maximum absolute atomic E-state index is 12.3. The number of nitrogens with one attached hydrogen (secondary N) is 1. The van der Waals surface area contributed by atoms with Gasteiger partial charge in [-0.2, -0.15) is 0 Å². The van der Waals surface area contributed by atoms with E-state index in [2.05, 4.69) is 5.32 Å². The lowest BCUT2D eigenvalue weighted by atomic mass is 10.1. The first kappa shape index (κ1) is 15.1. The highest BCUT2D eigenvalue weighted by Gasteiger charge is 2.23. The van der Waals surface area contributed by atoms with Crippen LogP contribution >= 0.6 is 0 Å². The summed E-state index contributed by atoms with van der Waals surface area (Å²) in [7, 11) is 0. The van der Waals surface area contributed by atoms with E-state index in [4.69, 9.17) is 4.74 Å². The van der Waals surface area contributed by atoms with E-state index in [0.717, 1.165) is 11.3 Å². The molecule has 0 bridgehead atoms. The quantitative estimate of drug-likeness (QED) is 0.944. The van der Waals surface area contributed by atoms with Gasteiger partial charge in [0.05, 0.1) is 12.6 Å². The van der Waals surface area contributed by atoms with Gasteiger partial charge in [-0.25, -0.2) is 4.79 Å². The van der Waals surface area contributed by atoms with Crippen molar-refractivity contribution in [3.8, 4) is 0 Å². The van der Waals surface area contributed by atoms with E-state index in [1.165, 1.54) is 0 Å². The molecular formula is C18H18N2O3. The summed E-state index contributed by atoms with van der Waals surface area (Å²) < 4.78 is 4.91. The summed E-state index contributed by atoms with van der Waals surface area (Å²) in [4.78, 5) is 25.4. The molecule has 1 heterocycles. The van der Waals surface area contributed by atoms with Crippen molar-refractivity contribution in [2.75, 3.05) is 18.1 Å². The maximum atomic E-state index is 12.3. The van der Waals surface area contributed by atoms with Gasteiger partial charge in [0.25, 0.3) is 5.91 Å². The molecule has 2 aromatic rings. The number of carbonyl (C=O) groups is 2. The van der Waals surface area contributed by atoms with Crippen LogP contribution in [0.3, 0.4) is 0 Å². The average Bonchev–Trinajstić information content (AvgIpc) is 3.02. The molecule has 23 heavy (non-hydrogen) atoms. The molecule has 0 aromatic heterocycles. The summed E-state index contributed by atoms with van der Waals surface area (Å²) in [5.41, 5.74) is 2.35. The van der Waals surface area contributed by atoms with E-state index in [-0.39, 0.29) is 18.0 Å². The van der Waals surface area contributed by atoms with Crippen LogP contribution in [-0.4, -0.2) is 25.2 Å². The fourth-order valence-electron chi connectivity index (χ4n) is 2.53. The summed E-state index contributed by atoms with van der Waals surface area (Å²) in [6.45, 7) is 2.88. The molecule has 1 unspecified atom stereocenters. The van der Waals surface area contributed by atoms with Crippen LogP contribution in [0.1, 0.15) is 28.9 Å². The molecule has 3 rings (SSSR count). The van der Waals surface area contributed by atoms with E-state index in [0.29, 0.717) is 18.7 Å². The number of carbonyl (C=O) groups excluding carboxylic acids is 2. The van der Waals surface area contributed by atoms with E-state index in [9.17, 15) is 9.59 Å². The third-order valence-corrected chi connectivity index (χ3v) is 3.85. The van der Waals surface area contributed by atoms with Crippen molar-refractivity contribution in [2.45, 2.75) is 13.0 Å². The van der Waals surface area contributed by atoms with Crippen molar-refractivity contribution in [1.82, 2.24) is 5.32 Å². The zero-order valence-corrected chi connectivity index (χ0v) is 12.9. The van der Waals surface area contributed by atoms with Gasteiger partial charge in [0.2, 0.25) is 0 Å². The van der Waals surface area contributed by atoms with Crippen LogP contribution in [-0.2, 0) is 4.74 Å². The molecule has 1 saturated heterocycles. The van der Waals surface area contributed by atoms with Crippen molar-refractivity contribution in [3.63, 3.8) is 0 Å². The Bertz CT molecular complexity index is 698. The lowest BCUT2D eigenvalue weighted by Gasteiger charge is -2.15. The highest BCUT2D eigenvalue weighted by Crippen LogP contribution is 2.20. The maximum Gasteiger partial charge on any atom is 0.414 e. The van der Waals surface area contributed by atoms with E-state index < -0.39 is 0 Å². The van der Waals surface area contributed by atoms with Gasteiger partial charge in [-0.05, 0) is 36.8 Å². The van der Waals surface area contributed by atoms with Crippen molar-refractivity contribution in [1.29, 1.82) is 0 Å². The van der Waals surface area contributed by atoms with Crippen LogP contribution in [0.25, 0.3) is 0 Å². The molecule has 2 aromatic carbocycles. The molecule has 1 N–H and O–H groups in total. The number of anilines is 1. The second kappa shape index (κ2) is 6.52. The molecule has 2 amide bonds. The molecule has 0 spiro atoms. The minimum atomic E-state index is -0.347. The number of benzene rings is 2. The molecule has 1 aliphatic heterocycles. The van der Waals surface area contributed by atoms with Gasteiger partial charge < -0.3 is 10.1 Å². The number of nitrogens with zero attached hydrogens (tertiary/aromatic N) is 1. The second-order valence-electron chi connectivity index (χ2n) is 5.42. The Morgan fingerprint density at radius 3 is 2.43 bits per heavy atom. The van der Waals surface area contributed by atoms with Crippen LogP contribution in [0.15, 0.2) is 54.6 Å². The van der Waals surface area contributed by atoms with E-state index in [1.807, 2.05) is 37.3 Å². The first-order valence-electron chi connectivity index (χ1n) is 7.55. The number of amides is 2. The molecule has 0 aliphatic carbocycles. The van der Waals surface area contributed by atoms with Gasteiger partial charge >= 0.3 is 6.09 Å². The topological polar surface area (TPSA) is 58.6 Å². The van der Waals surface area contributed by atoms with Crippen LogP contribution in [0, 0.1) is 0 Å². The van der Waals surface area contributed by atoms with Gasteiger partial charge in [0.15, 0.2) is 0 Å². The Kier molecular flexibility index (Phi) is 4.28. The van der Waals surface area contributed by atoms with Gasteiger partial charge in [-0.15, -0.1) is 0 Å². The third kappa shape index (κ3) is 3.34. The van der Waals surface area contributed by atoms with Gasteiger partial charge in [0.1, 0.15) is 6.61 Å². The van der Waals surface area contributed by atoms with Crippen LogP contribution in [0.4, 0.5) is 10.5 Å². The predicted octanol–water partition coefficient (Wildman–Crippen LogP) is 3.13. The van der Waals surface area contributed by atoms with E-state index in [1.54, 1.807) is 29.2 Å². The number of hydrogen-bond donors (Lipinski definition) is 1. The summed E-state index contributed by atoms with van der Waals surface area (Å²) in [6.07, 6.45) is -0.347. The van der Waals surface area contributed by atoms with Crippen molar-refractivity contribution < 1.29 is 14.3 Å². The first-order chi connectivity index (χ1) is 11.1. The molecule has 118 valence electrons. The monoisotopic (exact) mass is 310 g/mol. The largest absolute Gasteiger partial charge is 0.447 e. The van der Waals surface area contributed by atoms with E-state index >= 15 is 0 Å². The molecule has 5 nitrogen and oxygen atoms in total. The normalized spacial score (nSPS) is 15.2. The number of rotatable bonds is 4. The second-order valence-corrected chi connectivity index (χ2v) is 5.42. The van der Waals surface area contributed by atoms with Crippen molar-refractivity contribution >= 4 is 17.7 Å². The highest BCUT2D eigenvalue weighted by atomic mass is 16.6. The summed E-state index contributed by atoms with van der Waals surface area (Å²) in [5, 5.41) is 2.97. The summed E-state index contributed by atoms with van der Waals surface area (Å²) >= 11 is 0. The Morgan fingerprint density at radius 1 is 1.13 bits per heavy atom. The SMILES string of the molecule is CC(NC(=O)c1ccc(N2CCOC2=O)cc1)c1ccccc1. The third-order valence-electron chi connectivity index (χ3n) is 3.85. The predicted molar refractivity (Wildman–Crippen MR) is 87.5 cm³/mol. The molecule has 5 heteroatoms. The smallest absolute Gasteiger partial charge is 0.414 e. The molecule has 1 atom stereocenters. The Hall–Kier alpha value is -2.82. The lowest BCUT2D eigenvalue weighted by molar-refractivity contribution is 0.0940. The van der Waals surface area contributed by atoms with Crippen LogP contribution < -0.4 is 10.2 Å². The standard InChI is InChI=1S/C18H18N2O3/c1-13(14-5-3-2-4-6-14)19-17(21)15-7-9-16(10-8-15)20-11-12-23-18(20)22/h2-10,13H,11-12H2,1H3,(H,19,21). The molecule has 1 aliphatic rings. The summed E-state index contributed by atoms with van der Waals surface area (Å²) in [5.74, 6) is -0.142. The molecule has 0 radical (unpaired) electrons. The van der Waals surface area contributed by atoms with Crippen LogP contribution in [0.2, 0.25) is 0 Å². The number of ether oxygens (including phenoxy) is 1. The lowest BCUT2D eigenvalue weighted by Crippen LogP contribution is -2.27. The first-order valence-corrected chi connectivity index (χ1v) is 7.55. The van der Waals surface area contributed by atoms with Gasteiger partial charge in [-0.1, -0.05) is 30.3 Å². The minimum absolute atomic E-state index is 0.0723. The van der Waals surface area contributed by atoms with Gasteiger partial charge in [0, 0.05) is 11.3 Å². The Balaban J connectivity index is 1.67. The van der Waals surface area contributed by atoms with Crippen LogP contribution in [0.5, 0.6) is 0 Å². The zero-order valence-electron chi connectivity index (χ0n) is 12.9. The molecule has 0 saturated carbocycles. The fourth-order valence-corrected chi connectivity index (χ4v) is 2.53. The van der Waals surface area contributed by atoms with Gasteiger partial charge in [-0.3, -0.25) is 9.69 Å². The molecule has 1 fully saturated rings. The number of hydrogen-bond acceptors (Lipinski definition) is 3. The summed E-state index contributed by atoms with van der Waals surface area (Å²) in [6, 6.07) is 16.7. The average molecular weight is 310 g/mol. The minimum Gasteiger partial charge on any atom is -0.447 e.